The lowest BCUT2D eigenvalue weighted by molar-refractivity contribution is -0.115. The Balaban J connectivity index is 1.37. The number of ketones is 1. The van der Waals surface area contributed by atoms with Crippen molar-refractivity contribution in [3.05, 3.63) is 130 Å². The van der Waals surface area contributed by atoms with Crippen LogP contribution in [0.2, 0.25) is 0 Å². The summed E-state index contributed by atoms with van der Waals surface area (Å²) in [6.07, 6.45) is 3.30. The topological polar surface area (TPSA) is 82.8 Å². The number of hydrogen-bond donors (Lipinski definition) is 1. The largest absolute Gasteiger partial charge is 0.325 e. The molecule has 42 heavy (non-hydrogen) atoms. The maximum absolute atomic E-state index is 14.9. The quantitative estimate of drug-likeness (QED) is 0.106. The third-order valence-electron chi connectivity index (χ3n) is 6.37. The van der Waals surface area contributed by atoms with Gasteiger partial charge in [0.05, 0.1) is 16.5 Å². The van der Waals surface area contributed by atoms with Crippen LogP contribution in [0.3, 0.4) is 0 Å². The lowest BCUT2D eigenvalue weighted by Gasteiger charge is -2.16. The van der Waals surface area contributed by atoms with Crippen molar-refractivity contribution in [1.29, 1.82) is 5.26 Å². The Hall–Kier alpha value is -4.84. The monoisotopic (exact) mass is 589 g/mol. The molecule has 2 heterocycles. The molecule has 1 atom stereocenters. The number of amides is 1. The van der Waals surface area contributed by atoms with Gasteiger partial charge in [0, 0.05) is 32.8 Å². The van der Waals surface area contributed by atoms with Crippen LogP contribution in [-0.2, 0) is 4.79 Å². The SMILES string of the molecule is CC(Sc1nc(-c2ccccc2)cc(-c2ccccc2F)c1C#N)C(=O)Nc1ccc(C(=O)/C=C/c2cccs2)cc1. The van der Waals surface area contributed by atoms with E-state index in [2.05, 4.69) is 11.4 Å². The molecule has 0 aliphatic heterocycles. The van der Waals surface area contributed by atoms with Crippen LogP contribution < -0.4 is 5.32 Å². The van der Waals surface area contributed by atoms with Gasteiger partial charge in [-0.2, -0.15) is 5.26 Å². The van der Waals surface area contributed by atoms with E-state index in [1.165, 1.54) is 12.1 Å². The number of rotatable bonds is 9. The molecular formula is C34H24FN3O2S2. The number of benzene rings is 3. The van der Waals surface area contributed by atoms with Gasteiger partial charge in [0.1, 0.15) is 16.9 Å². The van der Waals surface area contributed by atoms with Gasteiger partial charge in [-0.1, -0.05) is 66.4 Å². The molecule has 0 radical (unpaired) electrons. The number of nitrogens with zero attached hydrogens (tertiary/aromatic N) is 2. The molecule has 8 heteroatoms. The maximum atomic E-state index is 14.9. The fourth-order valence-corrected chi connectivity index (χ4v) is 5.73. The number of carbonyl (C=O) groups excluding carboxylic acids is 2. The van der Waals surface area contributed by atoms with E-state index in [4.69, 9.17) is 4.98 Å². The van der Waals surface area contributed by atoms with E-state index in [9.17, 15) is 19.2 Å². The second-order valence-electron chi connectivity index (χ2n) is 9.23. The Kier molecular flexibility index (Phi) is 9.02. The molecule has 0 aliphatic carbocycles. The molecule has 0 bridgehead atoms. The summed E-state index contributed by atoms with van der Waals surface area (Å²) in [7, 11) is 0. The van der Waals surface area contributed by atoms with E-state index in [0.717, 1.165) is 22.2 Å². The first-order valence-corrected chi connectivity index (χ1v) is 14.8. The van der Waals surface area contributed by atoms with Crippen molar-refractivity contribution in [3.63, 3.8) is 0 Å². The van der Waals surface area contributed by atoms with Gasteiger partial charge in [0.25, 0.3) is 0 Å². The van der Waals surface area contributed by atoms with Crippen molar-refractivity contribution in [2.75, 3.05) is 5.32 Å². The second-order valence-corrected chi connectivity index (χ2v) is 11.5. The highest BCUT2D eigenvalue weighted by Gasteiger charge is 2.22. The molecule has 206 valence electrons. The molecule has 5 nitrogen and oxygen atoms in total. The van der Waals surface area contributed by atoms with Crippen LogP contribution >= 0.6 is 23.1 Å². The zero-order chi connectivity index (χ0) is 29.5. The van der Waals surface area contributed by atoms with Crippen molar-refractivity contribution in [2.24, 2.45) is 0 Å². The maximum Gasteiger partial charge on any atom is 0.237 e. The third kappa shape index (κ3) is 6.72. The predicted molar refractivity (Wildman–Crippen MR) is 168 cm³/mol. The lowest BCUT2D eigenvalue weighted by atomic mass is 9.99. The average molecular weight is 590 g/mol. The Morgan fingerprint density at radius 2 is 1.71 bits per heavy atom. The van der Waals surface area contributed by atoms with Crippen LogP contribution in [-0.4, -0.2) is 21.9 Å². The van der Waals surface area contributed by atoms with E-state index < -0.39 is 11.1 Å². The molecule has 0 aliphatic rings. The Bertz CT molecular complexity index is 1800. The third-order valence-corrected chi connectivity index (χ3v) is 8.29. The minimum absolute atomic E-state index is 0.135. The minimum atomic E-state index is -0.640. The molecule has 1 N–H and O–H groups in total. The molecule has 3 aromatic carbocycles. The summed E-state index contributed by atoms with van der Waals surface area (Å²) >= 11 is 2.68. The van der Waals surface area contributed by atoms with Gasteiger partial charge in [0.15, 0.2) is 5.78 Å². The van der Waals surface area contributed by atoms with Crippen LogP contribution in [0.4, 0.5) is 10.1 Å². The first-order chi connectivity index (χ1) is 20.4. The Morgan fingerprint density at radius 3 is 2.40 bits per heavy atom. The summed E-state index contributed by atoms with van der Waals surface area (Å²) < 4.78 is 14.9. The summed E-state index contributed by atoms with van der Waals surface area (Å²) in [5, 5.41) is 14.6. The molecular weight excluding hydrogens is 566 g/mol. The van der Waals surface area contributed by atoms with Gasteiger partial charge in [-0.3, -0.25) is 9.59 Å². The van der Waals surface area contributed by atoms with Crippen LogP contribution in [0.25, 0.3) is 28.5 Å². The van der Waals surface area contributed by atoms with Crippen LogP contribution in [0.1, 0.15) is 27.7 Å². The van der Waals surface area contributed by atoms with Gasteiger partial charge in [-0.15, -0.1) is 11.3 Å². The Labute approximate surface area is 251 Å². The average Bonchev–Trinajstić information content (AvgIpc) is 3.54. The fourth-order valence-electron chi connectivity index (χ4n) is 4.19. The van der Waals surface area contributed by atoms with Gasteiger partial charge in [-0.05, 0) is 66.9 Å². The van der Waals surface area contributed by atoms with E-state index >= 15 is 0 Å². The predicted octanol–water partition coefficient (Wildman–Crippen LogP) is 8.50. The molecule has 2 aromatic heterocycles. The van der Waals surface area contributed by atoms with E-state index in [1.54, 1.807) is 72.9 Å². The fraction of sp³-hybridized carbons (Fsp3) is 0.0588. The number of thioether (sulfide) groups is 1. The van der Waals surface area contributed by atoms with Crippen LogP contribution in [0.5, 0.6) is 0 Å². The van der Waals surface area contributed by atoms with Crippen LogP contribution in [0.15, 0.2) is 114 Å². The molecule has 1 amide bonds. The highest BCUT2D eigenvalue weighted by atomic mass is 32.2. The number of nitrogens with one attached hydrogen (secondary N) is 1. The molecule has 0 saturated carbocycles. The van der Waals surface area contributed by atoms with Crippen molar-refractivity contribution in [2.45, 2.75) is 17.2 Å². The van der Waals surface area contributed by atoms with E-state index in [-0.39, 0.29) is 22.8 Å². The molecule has 0 spiro atoms. The van der Waals surface area contributed by atoms with Crippen molar-refractivity contribution >= 4 is 46.6 Å². The second kappa shape index (κ2) is 13.2. The summed E-state index contributed by atoms with van der Waals surface area (Å²) in [6.45, 7) is 1.72. The summed E-state index contributed by atoms with van der Waals surface area (Å²) in [5.41, 5.74) is 3.30. The smallest absolute Gasteiger partial charge is 0.237 e. The molecule has 0 saturated heterocycles. The van der Waals surface area contributed by atoms with Crippen molar-refractivity contribution in [1.82, 2.24) is 4.98 Å². The van der Waals surface area contributed by atoms with Gasteiger partial charge in [-0.25, -0.2) is 9.37 Å². The number of halogens is 1. The standard InChI is InChI=1S/C34H24FN3O2S2/c1-22(33(40)37-25-15-13-24(14-16-25)32(39)18-17-26-10-7-19-41-26)42-34-29(21-36)28(27-11-5-6-12-30(27)35)20-31(38-34)23-8-3-2-4-9-23/h2-20,22H,1H3,(H,37,40)/b18-17+. The number of pyridine rings is 1. The van der Waals surface area contributed by atoms with Crippen molar-refractivity contribution < 1.29 is 14.0 Å². The number of allylic oxidation sites excluding steroid dienone is 1. The number of anilines is 1. The first kappa shape index (κ1) is 28.7. The minimum Gasteiger partial charge on any atom is -0.325 e. The van der Waals surface area contributed by atoms with Gasteiger partial charge >= 0.3 is 0 Å². The Morgan fingerprint density at radius 1 is 0.976 bits per heavy atom. The summed E-state index contributed by atoms with van der Waals surface area (Å²) in [5.74, 6) is -0.894. The highest BCUT2D eigenvalue weighted by Crippen LogP contribution is 2.36. The molecule has 0 fully saturated rings. The van der Waals surface area contributed by atoms with Gasteiger partial charge in [0.2, 0.25) is 5.91 Å². The number of thiophene rings is 1. The van der Waals surface area contributed by atoms with E-state index in [1.807, 2.05) is 47.8 Å². The highest BCUT2D eigenvalue weighted by molar-refractivity contribution is 8.00. The van der Waals surface area contributed by atoms with Crippen LogP contribution in [0, 0.1) is 17.1 Å². The normalized spacial score (nSPS) is 11.6. The van der Waals surface area contributed by atoms with Crippen molar-refractivity contribution in [3.8, 4) is 28.5 Å². The molecule has 1 unspecified atom stereocenters. The lowest BCUT2D eigenvalue weighted by Crippen LogP contribution is -2.22. The first-order valence-electron chi connectivity index (χ1n) is 13.0. The summed E-state index contributed by atoms with van der Waals surface area (Å²) in [6, 6.07) is 30.1. The molecule has 5 aromatic rings. The molecule has 5 rings (SSSR count). The van der Waals surface area contributed by atoms with E-state index in [0.29, 0.717) is 27.5 Å². The number of hydrogen-bond acceptors (Lipinski definition) is 6. The zero-order valence-electron chi connectivity index (χ0n) is 22.5. The number of carbonyl (C=O) groups is 2. The zero-order valence-corrected chi connectivity index (χ0v) is 24.1. The van der Waals surface area contributed by atoms with Gasteiger partial charge < -0.3 is 5.32 Å². The number of nitriles is 1. The summed E-state index contributed by atoms with van der Waals surface area (Å²) in [4.78, 5) is 31.4. The number of aromatic nitrogens is 1.